The number of nitrogens with zero attached hydrogens (tertiary/aromatic N) is 3. The molecule has 1 fully saturated rings. The van der Waals surface area contributed by atoms with Crippen LogP contribution in [0.15, 0.2) is 61.1 Å². The Balaban J connectivity index is 1.65. The zero-order valence-corrected chi connectivity index (χ0v) is 17.7. The number of hydrogen-bond acceptors (Lipinski definition) is 5. The molecule has 1 amide bonds. The molecule has 1 aliphatic carbocycles. The van der Waals surface area contributed by atoms with Gasteiger partial charge < -0.3 is 10.1 Å². The summed E-state index contributed by atoms with van der Waals surface area (Å²) < 4.78 is 6.22. The molecule has 6 nitrogen and oxygen atoms in total. The van der Waals surface area contributed by atoms with E-state index >= 15 is 0 Å². The first-order chi connectivity index (χ1) is 14.4. The van der Waals surface area contributed by atoms with Gasteiger partial charge in [0, 0.05) is 11.6 Å². The molecule has 1 N–H and O–H groups in total. The molecule has 4 rings (SSSR count). The highest BCUT2D eigenvalue weighted by molar-refractivity contribution is 5.97. The van der Waals surface area contributed by atoms with Gasteiger partial charge in [-0.1, -0.05) is 44.2 Å². The number of aromatic nitrogens is 3. The van der Waals surface area contributed by atoms with Gasteiger partial charge in [0.05, 0.1) is 36.3 Å². The third-order valence-corrected chi connectivity index (χ3v) is 6.27. The first kappa shape index (κ1) is 20.0. The predicted molar refractivity (Wildman–Crippen MR) is 115 cm³/mol. The van der Waals surface area contributed by atoms with E-state index in [4.69, 9.17) is 4.74 Å². The molecule has 154 valence electrons. The second-order valence-corrected chi connectivity index (χ2v) is 8.38. The molecule has 30 heavy (non-hydrogen) atoms. The van der Waals surface area contributed by atoms with Crippen LogP contribution in [-0.2, 0) is 10.2 Å². The average molecular weight is 402 g/mol. The Kier molecular flexibility index (Phi) is 5.02. The van der Waals surface area contributed by atoms with Crippen LogP contribution in [0.5, 0.6) is 5.75 Å². The molecule has 0 saturated heterocycles. The van der Waals surface area contributed by atoms with E-state index in [0.29, 0.717) is 23.9 Å². The molecule has 2 heterocycles. The van der Waals surface area contributed by atoms with Crippen LogP contribution < -0.4 is 10.1 Å². The summed E-state index contributed by atoms with van der Waals surface area (Å²) >= 11 is 0. The first-order valence-corrected chi connectivity index (χ1v) is 10.1. The number of hydrogen-bond donors (Lipinski definition) is 1. The van der Waals surface area contributed by atoms with Gasteiger partial charge in [0.15, 0.2) is 5.75 Å². The summed E-state index contributed by atoms with van der Waals surface area (Å²) in [5.41, 5.74) is 1.82. The number of nitrogens with one attached hydrogen (secondary N) is 1. The number of pyridine rings is 1. The third-order valence-electron chi connectivity index (χ3n) is 6.27. The van der Waals surface area contributed by atoms with E-state index in [9.17, 15) is 4.79 Å². The van der Waals surface area contributed by atoms with E-state index in [-0.39, 0.29) is 17.2 Å². The largest absolute Gasteiger partial charge is 0.489 e. The Morgan fingerprint density at radius 2 is 1.87 bits per heavy atom. The van der Waals surface area contributed by atoms with Crippen LogP contribution in [0.3, 0.4) is 0 Å². The van der Waals surface area contributed by atoms with E-state index in [1.165, 1.54) is 0 Å². The highest BCUT2D eigenvalue weighted by Gasteiger charge is 2.75. The summed E-state index contributed by atoms with van der Waals surface area (Å²) in [5, 5.41) is 3.02. The maximum absolute atomic E-state index is 13.3. The van der Waals surface area contributed by atoms with Crippen molar-refractivity contribution >= 4 is 11.6 Å². The third kappa shape index (κ3) is 3.32. The van der Waals surface area contributed by atoms with Gasteiger partial charge in [-0.2, -0.15) is 0 Å². The zero-order valence-electron chi connectivity index (χ0n) is 17.7. The van der Waals surface area contributed by atoms with Crippen LogP contribution in [0, 0.1) is 25.2 Å². The van der Waals surface area contributed by atoms with Gasteiger partial charge in [0.2, 0.25) is 5.91 Å². The molecule has 0 bridgehead atoms. The fourth-order valence-electron chi connectivity index (χ4n) is 4.59. The van der Waals surface area contributed by atoms with Crippen LogP contribution in [0.2, 0.25) is 0 Å². The lowest BCUT2D eigenvalue weighted by atomic mass is 9.88. The van der Waals surface area contributed by atoms with Crippen molar-refractivity contribution in [2.45, 2.75) is 33.1 Å². The molecule has 1 aromatic carbocycles. The molecule has 3 aromatic rings. The summed E-state index contributed by atoms with van der Waals surface area (Å²) in [7, 11) is 0. The van der Waals surface area contributed by atoms with E-state index in [2.05, 4.69) is 46.2 Å². The van der Waals surface area contributed by atoms with Crippen molar-refractivity contribution in [3.05, 3.63) is 78.1 Å². The number of amides is 1. The number of carbonyl (C=O) groups is 1. The molecule has 0 aliphatic heterocycles. The van der Waals surface area contributed by atoms with Crippen molar-refractivity contribution in [1.29, 1.82) is 0 Å². The summed E-state index contributed by atoms with van der Waals surface area (Å²) in [6.07, 6.45) is 5.04. The second kappa shape index (κ2) is 7.52. The molecule has 0 radical (unpaired) electrons. The minimum Gasteiger partial charge on any atom is -0.489 e. The van der Waals surface area contributed by atoms with Crippen molar-refractivity contribution in [1.82, 2.24) is 15.0 Å². The van der Waals surface area contributed by atoms with Crippen LogP contribution >= 0.6 is 0 Å². The summed E-state index contributed by atoms with van der Waals surface area (Å²) in [4.78, 5) is 26.0. The number of ether oxygens (including phenoxy) is 1. The van der Waals surface area contributed by atoms with Crippen molar-refractivity contribution in [3.8, 4) is 5.75 Å². The number of anilines is 1. The first-order valence-electron chi connectivity index (χ1n) is 10.1. The van der Waals surface area contributed by atoms with Crippen molar-refractivity contribution in [3.63, 3.8) is 0 Å². The zero-order chi connectivity index (χ0) is 21.4. The minimum absolute atomic E-state index is 0.0302. The van der Waals surface area contributed by atoms with Gasteiger partial charge in [-0.25, -0.2) is 9.97 Å². The topological polar surface area (TPSA) is 77.0 Å². The quantitative estimate of drug-likeness (QED) is 0.672. The molecule has 2 atom stereocenters. The van der Waals surface area contributed by atoms with Crippen molar-refractivity contribution in [2.24, 2.45) is 11.3 Å². The summed E-state index contributed by atoms with van der Waals surface area (Å²) in [6.45, 7) is 8.36. The average Bonchev–Trinajstić information content (AvgIpc) is 3.24. The van der Waals surface area contributed by atoms with Crippen LogP contribution in [-0.4, -0.2) is 27.5 Å². The molecule has 1 saturated carbocycles. The molecule has 2 unspecified atom stereocenters. The molecule has 0 spiro atoms. The fourth-order valence-corrected chi connectivity index (χ4v) is 4.59. The lowest BCUT2D eigenvalue weighted by Gasteiger charge is -2.22. The second-order valence-electron chi connectivity index (χ2n) is 8.38. The highest BCUT2D eigenvalue weighted by atomic mass is 16.5. The minimum atomic E-state index is -0.460. The Bertz CT molecular complexity index is 1050. The molecule has 1 aliphatic rings. The van der Waals surface area contributed by atoms with E-state index in [1.54, 1.807) is 24.7 Å². The lowest BCUT2D eigenvalue weighted by Crippen LogP contribution is -2.27. The fraction of sp³-hybridized carbons (Fsp3) is 0.333. The van der Waals surface area contributed by atoms with Crippen LogP contribution in [0.1, 0.15) is 30.9 Å². The standard InChI is InChI=1S/C24H26N4O2/c1-16-20(14-26-17(2)27-16)30-15-24(18-9-6-5-7-10-18)21(23(24,3)4)22(29)28-19-11-8-12-25-13-19/h5-14,21H,15H2,1-4H3,(H,28,29). The van der Waals surface area contributed by atoms with Gasteiger partial charge in [0.1, 0.15) is 5.82 Å². The Morgan fingerprint density at radius 1 is 1.10 bits per heavy atom. The van der Waals surface area contributed by atoms with Crippen LogP contribution in [0.4, 0.5) is 5.69 Å². The smallest absolute Gasteiger partial charge is 0.229 e. The van der Waals surface area contributed by atoms with Gasteiger partial charge in [-0.05, 0) is 37.0 Å². The van der Waals surface area contributed by atoms with Crippen molar-refractivity contribution < 1.29 is 9.53 Å². The summed E-state index contributed by atoms with van der Waals surface area (Å²) in [6, 6.07) is 13.8. The summed E-state index contributed by atoms with van der Waals surface area (Å²) in [5.74, 6) is 1.07. The lowest BCUT2D eigenvalue weighted by molar-refractivity contribution is -0.118. The molecule has 6 heteroatoms. The Morgan fingerprint density at radius 3 is 2.53 bits per heavy atom. The number of rotatable bonds is 6. The monoisotopic (exact) mass is 402 g/mol. The van der Waals surface area contributed by atoms with Gasteiger partial charge >= 0.3 is 0 Å². The highest BCUT2D eigenvalue weighted by Crippen LogP contribution is 2.69. The van der Waals surface area contributed by atoms with E-state index in [0.717, 1.165) is 11.3 Å². The Hall–Kier alpha value is -3.28. The molecule has 2 aromatic heterocycles. The Labute approximate surface area is 176 Å². The van der Waals surface area contributed by atoms with Gasteiger partial charge in [-0.3, -0.25) is 9.78 Å². The maximum Gasteiger partial charge on any atom is 0.229 e. The normalized spacial score (nSPS) is 21.7. The number of benzene rings is 1. The number of carbonyl (C=O) groups excluding carboxylic acids is 1. The SMILES string of the molecule is Cc1ncc(OCC2(c3ccccc3)C(C(=O)Nc3cccnc3)C2(C)C)c(C)n1. The molecular weight excluding hydrogens is 376 g/mol. The van der Waals surface area contributed by atoms with Crippen LogP contribution in [0.25, 0.3) is 0 Å². The van der Waals surface area contributed by atoms with E-state index < -0.39 is 5.41 Å². The molecular formula is C24H26N4O2. The maximum atomic E-state index is 13.3. The number of aryl methyl sites for hydroxylation is 2. The van der Waals surface area contributed by atoms with Gasteiger partial charge in [-0.15, -0.1) is 0 Å². The van der Waals surface area contributed by atoms with E-state index in [1.807, 2.05) is 38.1 Å². The van der Waals surface area contributed by atoms with Crippen molar-refractivity contribution in [2.75, 3.05) is 11.9 Å². The predicted octanol–water partition coefficient (Wildman–Crippen LogP) is 4.10. The van der Waals surface area contributed by atoms with Gasteiger partial charge in [0.25, 0.3) is 0 Å².